The van der Waals surface area contributed by atoms with Crippen LogP contribution >= 0.6 is 24.0 Å². The predicted molar refractivity (Wildman–Crippen MR) is 69.3 cm³/mol. The second kappa shape index (κ2) is 7.48. The molecule has 0 aliphatic carbocycles. The summed E-state index contributed by atoms with van der Waals surface area (Å²) in [5.41, 5.74) is 5.48. The summed E-state index contributed by atoms with van der Waals surface area (Å²) in [6.45, 7) is 2.26. The molecule has 1 atom stereocenters. The highest BCUT2D eigenvalue weighted by atomic mass is 35.5. The van der Waals surface area contributed by atoms with Crippen LogP contribution in [0.4, 0.5) is 4.39 Å². The van der Waals surface area contributed by atoms with E-state index in [4.69, 9.17) is 17.3 Å². The van der Waals surface area contributed by atoms with Crippen LogP contribution in [0.25, 0.3) is 0 Å². The lowest BCUT2D eigenvalue weighted by Gasteiger charge is -2.08. The van der Waals surface area contributed by atoms with E-state index in [-0.39, 0.29) is 24.0 Å². The van der Waals surface area contributed by atoms with Gasteiger partial charge in [0.2, 0.25) is 0 Å². The van der Waals surface area contributed by atoms with E-state index in [0.717, 1.165) is 0 Å². The van der Waals surface area contributed by atoms with Crippen LogP contribution in [-0.4, -0.2) is 18.5 Å². The van der Waals surface area contributed by atoms with E-state index < -0.39 is 11.7 Å². The highest BCUT2D eigenvalue weighted by Crippen LogP contribution is 2.14. The van der Waals surface area contributed by atoms with Crippen molar-refractivity contribution >= 4 is 29.9 Å². The Labute approximate surface area is 111 Å². The Balaban J connectivity index is 0.00000256. The zero-order chi connectivity index (χ0) is 12.1. The summed E-state index contributed by atoms with van der Waals surface area (Å²) in [5, 5.41) is 2.91. The number of benzene rings is 1. The van der Waals surface area contributed by atoms with E-state index >= 15 is 0 Å². The van der Waals surface area contributed by atoms with Gasteiger partial charge in [-0.1, -0.05) is 11.6 Å². The molecule has 0 aromatic heterocycles. The van der Waals surface area contributed by atoms with Gasteiger partial charge in [0.05, 0.1) is 5.56 Å². The van der Waals surface area contributed by atoms with Gasteiger partial charge in [0.15, 0.2) is 0 Å². The number of carbonyl (C=O) groups is 1. The fourth-order valence-electron chi connectivity index (χ4n) is 1.18. The Morgan fingerprint density at radius 3 is 2.82 bits per heavy atom. The zero-order valence-corrected chi connectivity index (χ0v) is 10.9. The topological polar surface area (TPSA) is 55.1 Å². The highest BCUT2D eigenvalue weighted by molar-refractivity contribution is 6.30. The van der Waals surface area contributed by atoms with Crippen molar-refractivity contribution in [3.8, 4) is 0 Å². The van der Waals surface area contributed by atoms with E-state index in [1.165, 1.54) is 18.2 Å². The van der Waals surface area contributed by atoms with Gasteiger partial charge < -0.3 is 11.1 Å². The largest absolute Gasteiger partial charge is 0.352 e. The summed E-state index contributed by atoms with van der Waals surface area (Å²) in [4.78, 5) is 11.5. The maximum absolute atomic E-state index is 13.3. The van der Waals surface area contributed by atoms with Crippen molar-refractivity contribution in [1.29, 1.82) is 0 Å². The molecule has 1 unspecified atom stereocenters. The van der Waals surface area contributed by atoms with Gasteiger partial charge in [0.1, 0.15) is 5.82 Å². The monoisotopic (exact) mass is 280 g/mol. The summed E-state index contributed by atoms with van der Waals surface area (Å²) < 4.78 is 13.3. The van der Waals surface area contributed by atoms with Gasteiger partial charge in [-0.2, -0.15) is 0 Å². The standard InChI is InChI=1S/C11H14ClFN2O.ClH/c1-7(14)4-5-15-11(16)9-6-8(12)2-3-10(9)13;/h2-3,6-7H,4-5,14H2,1H3,(H,15,16);1H. The number of nitrogens with two attached hydrogens (primary N) is 1. The van der Waals surface area contributed by atoms with Crippen LogP contribution in [0.15, 0.2) is 18.2 Å². The first-order valence-electron chi connectivity index (χ1n) is 4.99. The van der Waals surface area contributed by atoms with E-state index in [9.17, 15) is 9.18 Å². The molecule has 0 aliphatic rings. The van der Waals surface area contributed by atoms with Crippen molar-refractivity contribution in [2.75, 3.05) is 6.54 Å². The smallest absolute Gasteiger partial charge is 0.254 e. The summed E-state index contributed by atoms with van der Waals surface area (Å²) >= 11 is 5.68. The first-order chi connectivity index (χ1) is 7.50. The van der Waals surface area contributed by atoms with Gasteiger partial charge in [-0.15, -0.1) is 12.4 Å². The van der Waals surface area contributed by atoms with Crippen molar-refractivity contribution in [2.24, 2.45) is 5.73 Å². The summed E-state index contributed by atoms with van der Waals surface area (Å²) in [7, 11) is 0. The molecule has 0 radical (unpaired) electrons. The van der Waals surface area contributed by atoms with E-state index in [2.05, 4.69) is 5.32 Å². The van der Waals surface area contributed by atoms with E-state index in [0.29, 0.717) is 18.0 Å². The molecule has 1 aromatic carbocycles. The Morgan fingerprint density at radius 2 is 2.24 bits per heavy atom. The molecule has 0 aliphatic heterocycles. The molecule has 17 heavy (non-hydrogen) atoms. The van der Waals surface area contributed by atoms with Crippen LogP contribution in [0, 0.1) is 5.82 Å². The number of hydrogen-bond acceptors (Lipinski definition) is 2. The molecule has 0 bridgehead atoms. The normalized spacial score (nSPS) is 11.5. The third-order valence-electron chi connectivity index (χ3n) is 2.06. The SMILES string of the molecule is CC(N)CCNC(=O)c1cc(Cl)ccc1F.Cl. The first kappa shape index (κ1) is 16.2. The molecule has 3 N–H and O–H groups in total. The summed E-state index contributed by atoms with van der Waals surface area (Å²) in [6.07, 6.45) is 0.647. The lowest BCUT2D eigenvalue weighted by molar-refractivity contribution is 0.0949. The third kappa shape index (κ3) is 5.35. The van der Waals surface area contributed by atoms with Crippen LogP contribution in [0.5, 0.6) is 0 Å². The number of nitrogens with one attached hydrogen (secondary N) is 1. The van der Waals surface area contributed by atoms with E-state index in [1.54, 1.807) is 0 Å². The van der Waals surface area contributed by atoms with Gasteiger partial charge in [-0.3, -0.25) is 4.79 Å². The molecule has 0 saturated heterocycles. The quantitative estimate of drug-likeness (QED) is 0.890. The van der Waals surface area contributed by atoms with Gasteiger partial charge >= 0.3 is 0 Å². The van der Waals surface area contributed by atoms with Gasteiger partial charge in [0.25, 0.3) is 5.91 Å². The lowest BCUT2D eigenvalue weighted by atomic mass is 10.2. The van der Waals surface area contributed by atoms with Crippen LogP contribution in [0.2, 0.25) is 5.02 Å². The molecular weight excluding hydrogens is 266 g/mol. The first-order valence-corrected chi connectivity index (χ1v) is 5.37. The minimum absolute atomic E-state index is 0. The predicted octanol–water partition coefficient (Wildman–Crippen LogP) is 2.37. The van der Waals surface area contributed by atoms with Crippen molar-refractivity contribution in [3.05, 3.63) is 34.6 Å². The van der Waals surface area contributed by atoms with Gasteiger partial charge in [0, 0.05) is 17.6 Å². The number of carbonyl (C=O) groups excluding carboxylic acids is 1. The zero-order valence-electron chi connectivity index (χ0n) is 9.37. The van der Waals surface area contributed by atoms with Crippen molar-refractivity contribution in [3.63, 3.8) is 0 Å². The van der Waals surface area contributed by atoms with Crippen LogP contribution < -0.4 is 11.1 Å². The molecule has 0 fully saturated rings. The minimum Gasteiger partial charge on any atom is -0.352 e. The number of rotatable bonds is 4. The summed E-state index contributed by atoms with van der Waals surface area (Å²) in [6, 6.07) is 3.88. The molecule has 0 heterocycles. The van der Waals surface area contributed by atoms with E-state index in [1.807, 2.05) is 6.92 Å². The number of hydrogen-bond donors (Lipinski definition) is 2. The molecule has 1 amide bonds. The minimum atomic E-state index is -0.581. The second-order valence-electron chi connectivity index (χ2n) is 3.65. The maximum Gasteiger partial charge on any atom is 0.254 e. The molecule has 6 heteroatoms. The number of amides is 1. The Hall–Kier alpha value is -0.840. The molecule has 96 valence electrons. The average molecular weight is 281 g/mol. The van der Waals surface area contributed by atoms with Crippen LogP contribution in [0.1, 0.15) is 23.7 Å². The third-order valence-corrected chi connectivity index (χ3v) is 2.29. The Bertz CT molecular complexity index is 386. The Morgan fingerprint density at radius 1 is 1.59 bits per heavy atom. The van der Waals surface area contributed by atoms with Crippen molar-refractivity contribution in [2.45, 2.75) is 19.4 Å². The highest BCUT2D eigenvalue weighted by Gasteiger charge is 2.11. The molecule has 3 nitrogen and oxygen atoms in total. The van der Waals surface area contributed by atoms with Crippen molar-refractivity contribution < 1.29 is 9.18 Å². The Kier molecular flexibility index (Phi) is 7.11. The molecule has 1 aromatic rings. The van der Waals surface area contributed by atoms with Crippen LogP contribution in [0.3, 0.4) is 0 Å². The average Bonchev–Trinajstić information content (AvgIpc) is 2.21. The second-order valence-corrected chi connectivity index (χ2v) is 4.08. The molecule has 0 saturated carbocycles. The van der Waals surface area contributed by atoms with Crippen LogP contribution in [-0.2, 0) is 0 Å². The fraction of sp³-hybridized carbons (Fsp3) is 0.364. The fourth-order valence-corrected chi connectivity index (χ4v) is 1.35. The van der Waals surface area contributed by atoms with Gasteiger partial charge in [-0.25, -0.2) is 4.39 Å². The van der Waals surface area contributed by atoms with Gasteiger partial charge in [-0.05, 0) is 31.5 Å². The molecule has 1 rings (SSSR count). The number of halogens is 3. The molecular formula is C11H15Cl2FN2O. The molecule has 0 spiro atoms. The summed E-state index contributed by atoms with van der Waals surface area (Å²) in [5.74, 6) is -1.05. The maximum atomic E-state index is 13.3. The lowest BCUT2D eigenvalue weighted by Crippen LogP contribution is -2.29. The van der Waals surface area contributed by atoms with Crippen molar-refractivity contribution in [1.82, 2.24) is 5.32 Å².